The van der Waals surface area contributed by atoms with Crippen LogP contribution in [0.3, 0.4) is 0 Å². The van der Waals surface area contributed by atoms with Crippen molar-refractivity contribution in [2.75, 3.05) is 6.61 Å². The molecule has 0 heterocycles. The maximum Gasteiger partial charge on any atom is 0.119 e. The van der Waals surface area contributed by atoms with Gasteiger partial charge in [-0.25, -0.2) is 0 Å². The number of hydrogen-bond donors (Lipinski definition) is 0. The molecule has 0 radical (unpaired) electrons. The summed E-state index contributed by atoms with van der Waals surface area (Å²) in [6.45, 7) is 6.65. The van der Waals surface area contributed by atoms with E-state index in [-0.39, 0.29) is 0 Å². The highest BCUT2D eigenvalue weighted by molar-refractivity contribution is 6.30. The molecule has 8 aromatic carbocycles. The highest BCUT2D eigenvalue weighted by atomic mass is 16.5. The van der Waals surface area contributed by atoms with Crippen LogP contribution in [0.15, 0.2) is 164 Å². The summed E-state index contributed by atoms with van der Waals surface area (Å²) in [6.07, 6.45) is 1.90. The predicted octanol–water partition coefficient (Wildman–Crippen LogP) is 13.4. The molecule has 1 nitrogen and oxygen atoms in total. The quantitative estimate of drug-likeness (QED) is 0.171. The molecule has 0 amide bonds. The Morgan fingerprint density at radius 1 is 0.449 bits per heavy atom. The second-order valence-corrected chi connectivity index (χ2v) is 12.6. The summed E-state index contributed by atoms with van der Waals surface area (Å²) in [5, 5.41) is 5.08. The van der Waals surface area contributed by atoms with Crippen molar-refractivity contribution in [3.05, 3.63) is 170 Å². The number of rotatable bonds is 7. The topological polar surface area (TPSA) is 9.23 Å². The first kappa shape index (κ1) is 29.0. The summed E-state index contributed by atoms with van der Waals surface area (Å²) in [7, 11) is 0. The molecule has 0 fully saturated rings. The van der Waals surface area contributed by atoms with Gasteiger partial charge in [0, 0.05) is 0 Å². The van der Waals surface area contributed by atoms with Crippen LogP contribution in [-0.4, -0.2) is 6.61 Å². The Morgan fingerprint density at radius 2 is 0.939 bits per heavy atom. The number of fused-ring (bicyclic) bond motifs is 4. The van der Waals surface area contributed by atoms with Gasteiger partial charge in [-0.1, -0.05) is 158 Å². The second kappa shape index (κ2) is 11.8. The fourth-order valence-electron chi connectivity index (χ4n) is 7.90. The van der Waals surface area contributed by atoms with E-state index in [0.717, 1.165) is 16.9 Å². The lowest BCUT2D eigenvalue weighted by atomic mass is 9.82. The SMILES string of the molecule is C=Cc1ccc(-c2ccc3c4c(ccc(-c5cccc(OCC)c5)c24)-c2c-3c(-c3ccccc3)c3ccccc3c2-c2ccccc2)cc1. The molecule has 0 spiro atoms. The molecule has 9 rings (SSSR count). The Balaban J connectivity index is 1.46. The molecule has 1 aliphatic carbocycles. The van der Waals surface area contributed by atoms with Crippen molar-refractivity contribution in [3.63, 3.8) is 0 Å². The van der Waals surface area contributed by atoms with Crippen molar-refractivity contribution >= 4 is 27.6 Å². The van der Waals surface area contributed by atoms with Crippen LogP contribution < -0.4 is 4.74 Å². The monoisotopic (exact) mass is 626 g/mol. The first-order valence-corrected chi connectivity index (χ1v) is 17.0. The van der Waals surface area contributed by atoms with Crippen LogP contribution in [0.4, 0.5) is 0 Å². The molecule has 1 aliphatic rings. The Bertz CT molecular complexity index is 2450. The Labute approximate surface area is 287 Å². The highest BCUT2D eigenvalue weighted by Crippen LogP contribution is 2.59. The molecule has 232 valence electrons. The third kappa shape index (κ3) is 4.62. The van der Waals surface area contributed by atoms with E-state index in [1.807, 2.05) is 19.1 Å². The molecule has 0 saturated carbocycles. The average Bonchev–Trinajstić information content (AvgIpc) is 3.49. The second-order valence-electron chi connectivity index (χ2n) is 12.6. The van der Waals surface area contributed by atoms with Crippen molar-refractivity contribution < 1.29 is 4.74 Å². The highest BCUT2D eigenvalue weighted by Gasteiger charge is 2.32. The zero-order chi connectivity index (χ0) is 32.9. The average molecular weight is 627 g/mol. The first-order valence-electron chi connectivity index (χ1n) is 17.0. The fraction of sp³-hybridized carbons (Fsp3) is 0.0417. The minimum atomic E-state index is 0.627. The summed E-state index contributed by atoms with van der Waals surface area (Å²) in [5.41, 5.74) is 16.0. The molecule has 49 heavy (non-hydrogen) atoms. The largest absolute Gasteiger partial charge is 0.494 e. The van der Waals surface area contributed by atoms with E-state index >= 15 is 0 Å². The summed E-state index contributed by atoms with van der Waals surface area (Å²) in [5.74, 6) is 0.882. The van der Waals surface area contributed by atoms with Crippen molar-refractivity contribution in [2.24, 2.45) is 0 Å². The third-order valence-electron chi connectivity index (χ3n) is 9.95. The molecule has 0 bridgehead atoms. The Morgan fingerprint density at radius 3 is 1.49 bits per heavy atom. The van der Waals surface area contributed by atoms with Gasteiger partial charge < -0.3 is 4.74 Å². The molecule has 0 N–H and O–H groups in total. The minimum Gasteiger partial charge on any atom is -0.494 e. The molecule has 1 heteroatoms. The van der Waals surface area contributed by atoms with Gasteiger partial charge in [-0.15, -0.1) is 0 Å². The van der Waals surface area contributed by atoms with Gasteiger partial charge in [-0.05, 0) is 113 Å². The normalized spacial score (nSPS) is 11.5. The Kier molecular flexibility index (Phi) is 6.99. The summed E-state index contributed by atoms with van der Waals surface area (Å²) in [6, 6.07) is 57.5. The van der Waals surface area contributed by atoms with Gasteiger partial charge in [0.1, 0.15) is 5.75 Å². The van der Waals surface area contributed by atoms with E-state index in [4.69, 9.17) is 4.74 Å². The van der Waals surface area contributed by atoms with Gasteiger partial charge >= 0.3 is 0 Å². The summed E-state index contributed by atoms with van der Waals surface area (Å²) < 4.78 is 6.00. The van der Waals surface area contributed by atoms with E-state index < -0.39 is 0 Å². The molecule has 8 aromatic rings. The van der Waals surface area contributed by atoms with Gasteiger partial charge in [0.05, 0.1) is 6.61 Å². The van der Waals surface area contributed by atoms with E-state index in [9.17, 15) is 0 Å². The van der Waals surface area contributed by atoms with E-state index in [1.54, 1.807) is 0 Å². The third-order valence-corrected chi connectivity index (χ3v) is 9.95. The molecular formula is C48H34O. The lowest BCUT2D eigenvalue weighted by molar-refractivity contribution is 0.340. The van der Waals surface area contributed by atoms with Crippen LogP contribution in [-0.2, 0) is 0 Å². The van der Waals surface area contributed by atoms with Gasteiger partial charge in [0.15, 0.2) is 0 Å². The zero-order valence-corrected chi connectivity index (χ0v) is 27.4. The van der Waals surface area contributed by atoms with Crippen LogP contribution in [0.25, 0.3) is 94.4 Å². The van der Waals surface area contributed by atoms with Crippen LogP contribution in [0, 0.1) is 0 Å². The van der Waals surface area contributed by atoms with Gasteiger partial charge in [0.25, 0.3) is 0 Å². The van der Waals surface area contributed by atoms with Gasteiger partial charge in [0.2, 0.25) is 0 Å². The molecular weight excluding hydrogens is 593 g/mol. The summed E-state index contributed by atoms with van der Waals surface area (Å²) >= 11 is 0. The van der Waals surface area contributed by atoms with Crippen LogP contribution >= 0.6 is 0 Å². The van der Waals surface area contributed by atoms with Crippen LogP contribution in [0.1, 0.15) is 12.5 Å². The van der Waals surface area contributed by atoms with Crippen molar-refractivity contribution in [1.82, 2.24) is 0 Å². The standard InChI is InChI=1S/C48H34O/c1-3-31-22-24-32(25-23-31)37-26-28-41-46-42(29-27-38(45(37)46)35-18-13-19-36(30-35)49-4-2)48-44(34-16-9-6-10-17-34)40-21-12-11-20-39(40)43(47(41)48)33-14-7-5-8-15-33/h3,5-30H,1,4H2,2H3. The minimum absolute atomic E-state index is 0.627. The number of hydrogen-bond acceptors (Lipinski definition) is 1. The van der Waals surface area contributed by atoms with E-state index in [2.05, 4.69) is 158 Å². The molecule has 0 aromatic heterocycles. The zero-order valence-electron chi connectivity index (χ0n) is 27.4. The molecule has 0 saturated heterocycles. The summed E-state index contributed by atoms with van der Waals surface area (Å²) in [4.78, 5) is 0. The maximum absolute atomic E-state index is 6.00. The van der Waals surface area contributed by atoms with Gasteiger partial charge in [-0.2, -0.15) is 0 Å². The predicted molar refractivity (Wildman–Crippen MR) is 209 cm³/mol. The number of benzene rings is 8. The van der Waals surface area contributed by atoms with Crippen molar-refractivity contribution in [3.8, 4) is 72.5 Å². The van der Waals surface area contributed by atoms with Gasteiger partial charge in [-0.3, -0.25) is 0 Å². The van der Waals surface area contributed by atoms with E-state index in [1.165, 1.54) is 82.7 Å². The molecule has 0 atom stereocenters. The first-order chi connectivity index (χ1) is 24.2. The van der Waals surface area contributed by atoms with Crippen LogP contribution in [0.2, 0.25) is 0 Å². The lowest BCUT2D eigenvalue weighted by Crippen LogP contribution is -1.93. The Hall–Kier alpha value is -6.18. The number of ether oxygens (including phenoxy) is 1. The molecule has 0 unspecified atom stereocenters. The van der Waals surface area contributed by atoms with Crippen LogP contribution in [0.5, 0.6) is 5.75 Å². The maximum atomic E-state index is 6.00. The smallest absolute Gasteiger partial charge is 0.119 e. The fourth-order valence-corrected chi connectivity index (χ4v) is 7.90. The van der Waals surface area contributed by atoms with E-state index in [0.29, 0.717) is 6.61 Å². The van der Waals surface area contributed by atoms with Crippen molar-refractivity contribution in [2.45, 2.75) is 6.92 Å². The van der Waals surface area contributed by atoms with Crippen molar-refractivity contribution in [1.29, 1.82) is 0 Å². The molecule has 0 aliphatic heterocycles. The lowest BCUT2D eigenvalue weighted by Gasteiger charge is -2.20.